The normalized spacial score (nSPS) is 10.5. The van der Waals surface area contributed by atoms with E-state index in [4.69, 9.17) is 12.2 Å². The lowest BCUT2D eigenvalue weighted by Crippen LogP contribution is -2.02. The van der Waals surface area contributed by atoms with Crippen molar-refractivity contribution in [3.05, 3.63) is 60.3 Å². The van der Waals surface area contributed by atoms with E-state index >= 15 is 0 Å². The molecule has 0 aliphatic heterocycles. The molecule has 2 aromatic rings. The van der Waals surface area contributed by atoms with Gasteiger partial charge in [0.05, 0.1) is 20.8 Å². The standard InChI is InChI=1S/C13H11N3O5S2/c1-7-5-12(14(17)13(22)8(7)2)23-11-4-3-9(15(18)19)6-10(11)16(20)21/h3-6,17H,1-2H3. The molecule has 1 N–H and O–H groups in total. The minimum atomic E-state index is -0.703. The van der Waals surface area contributed by atoms with Gasteiger partial charge >= 0.3 is 0 Å². The van der Waals surface area contributed by atoms with Gasteiger partial charge in [0.15, 0.2) is 0 Å². The second-order valence-corrected chi connectivity index (χ2v) is 6.12. The molecule has 0 atom stereocenters. The Labute approximate surface area is 139 Å². The molecule has 0 aliphatic rings. The third-order valence-electron chi connectivity index (χ3n) is 3.22. The average molecular weight is 353 g/mol. The smallest absolute Gasteiger partial charge is 0.290 e. The molecule has 0 saturated heterocycles. The van der Waals surface area contributed by atoms with Gasteiger partial charge in [-0.15, -0.1) is 0 Å². The highest BCUT2D eigenvalue weighted by atomic mass is 32.2. The van der Waals surface area contributed by atoms with Gasteiger partial charge < -0.3 is 5.21 Å². The fourth-order valence-electron chi connectivity index (χ4n) is 1.82. The number of nitrogens with zero attached hydrogens (tertiary/aromatic N) is 3. The highest BCUT2D eigenvalue weighted by Gasteiger charge is 2.21. The lowest BCUT2D eigenvalue weighted by Gasteiger charge is -2.11. The summed E-state index contributed by atoms with van der Waals surface area (Å²) in [5.41, 5.74) is 0.771. The number of aryl methyl sites for hydroxylation is 1. The van der Waals surface area contributed by atoms with Crippen LogP contribution in [0.25, 0.3) is 0 Å². The number of hydrogen-bond donors (Lipinski definition) is 1. The summed E-state index contributed by atoms with van der Waals surface area (Å²) in [6.07, 6.45) is 0. The summed E-state index contributed by atoms with van der Waals surface area (Å²) < 4.78 is 0.977. The van der Waals surface area contributed by atoms with Crippen LogP contribution in [0.3, 0.4) is 0 Å². The van der Waals surface area contributed by atoms with Crippen molar-refractivity contribution in [2.24, 2.45) is 0 Å². The van der Waals surface area contributed by atoms with Gasteiger partial charge in [-0.25, -0.2) is 0 Å². The molecule has 1 heterocycles. The monoisotopic (exact) mass is 353 g/mol. The summed E-state index contributed by atoms with van der Waals surface area (Å²) in [6.45, 7) is 3.56. The third kappa shape index (κ3) is 3.32. The molecule has 0 aliphatic carbocycles. The van der Waals surface area contributed by atoms with Crippen molar-refractivity contribution in [1.29, 1.82) is 0 Å². The average Bonchev–Trinajstić information content (AvgIpc) is 2.50. The summed E-state index contributed by atoms with van der Waals surface area (Å²) in [4.78, 5) is 20.6. The van der Waals surface area contributed by atoms with Crippen LogP contribution in [0.15, 0.2) is 34.2 Å². The van der Waals surface area contributed by atoms with E-state index < -0.39 is 15.5 Å². The topological polar surface area (TPSA) is 111 Å². The maximum Gasteiger partial charge on any atom is 0.290 e. The lowest BCUT2D eigenvalue weighted by atomic mass is 10.2. The quantitative estimate of drug-likeness (QED) is 0.382. The molecule has 23 heavy (non-hydrogen) atoms. The number of pyridine rings is 1. The maximum absolute atomic E-state index is 11.1. The minimum Gasteiger partial charge on any atom is -0.427 e. The van der Waals surface area contributed by atoms with Crippen molar-refractivity contribution in [2.45, 2.75) is 23.8 Å². The molecular formula is C13H11N3O5S2. The molecule has 2 rings (SSSR count). The Morgan fingerprint density at radius 3 is 2.39 bits per heavy atom. The molecule has 0 radical (unpaired) electrons. The molecule has 0 saturated carbocycles. The largest absolute Gasteiger partial charge is 0.427 e. The van der Waals surface area contributed by atoms with Gasteiger partial charge in [0.2, 0.25) is 0 Å². The van der Waals surface area contributed by atoms with Gasteiger partial charge in [0.25, 0.3) is 11.4 Å². The van der Waals surface area contributed by atoms with Crippen LogP contribution < -0.4 is 0 Å². The summed E-state index contributed by atoms with van der Waals surface area (Å²) in [5.74, 6) is 0. The van der Waals surface area contributed by atoms with E-state index in [0.717, 1.165) is 33.7 Å². The van der Waals surface area contributed by atoms with Gasteiger partial charge in [-0.1, -0.05) is 24.0 Å². The van der Waals surface area contributed by atoms with Gasteiger partial charge in [-0.05, 0) is 37.1 Å². The molecule has 0 spiro atoms. The van der Waals surface area contributed by atoms with Gasteiger partial charge in [-0.3, -0.25) is 20.2 Å². The molecular weight excluding hydrogens is 342 g/mol. The van der Waals surface area contributed by atoms with E-state index in [0.29, 0.717) is 0 Å². The summed E-state index contributed by atoms with van der Waals surface area (Å²) in [5, 5.41) is 32.2. The lowest BCUT2D eigenvalue weighted by molar-refractivity contribution is -0.396. The first kappa shape index (κ1) is 16.9. The SMILES string of the molecule is Cc1cc(Sc2ccc([N+](=O)[O-])cc2[N+](=O)[O-])n(O)c(=S)c1C. The maximum atomic E-state index is 11.1. The Hall–Kier alpha value is -2.46. The molecule has 120 valence electrons. The van der Waals surface area contributed by atoms with Crippen LogP contribution in [-0.4, -0.2) is 19.8 Å². The number of nitro groups is 2. The van der Waals surface area contributed by atoms with Gasteiger partial charge in [-0.2, -0.15) is 4.73 Å². The van der Waals surface area contributed by atoms with E-state index in [1.54, 1.807) is 19.9 Å². The predicted molar refractivity (Wildman–Crippen MR) is 85.8 cm³/mol. The molecule has 0 bridgehead atoms. The highest BCUT2D eigenvalue weighted by molar-refractivity contribution is 7.99. The van der Waals surface area contributed by atoms with Crippen LogP contribution in [0.1, 0.15) is 11.1 Å². The van der Waals surface area contributed by atoms with Crippen molar-refractivity contribution in [3.8, 4) is 0 Å². The fourth-order valence-corrected chi connectivity index (χ4v) is 3.15. The minimum absolute atomic E-state index is 0.168. The van der Waals surface area contributed by atoms with E-state index in [9.17, 15) is 25.4 Å². The zero-order valence-corrected chi connectivity index (χ0v) is 13.7. The van der Waals surface area contributed by atoms with Crippen LogP contribution in [0.4, 0.5) is 11.4 Å². The summed E-state index contributed by atoms with van der Waals surface area (Å²) in [6, 6.07) is 4.98. The molecule has 0 amide bonds. The Kier molecular flexibility index (Phi) is 4.66. The van der Waals surface area contributed by atoms with Gasteiger partial charge in [0, 0.05) is 6.07 Å². The predicted octanol–water partition coefficient (Wildman–Crippen LogP) is 4.04. The van der Waals surface area contributed by atoms with Crippen molar-refractivity contribution in [1.82, 2.24) is 4.73 Å². The number of benzene rings is 1. The summed E-state index contributed by atoms with van der Waals surface area (Å²) in [7, 11) is 0. The zero-order valence-electron chi connectivity index (χ0n) is 12.0. The number of hydrogen-bond acceptors (Lipinski definition) is 7. The second kappa shape index (κ2) is 6.34. The number of rotatable bonds is 4. The highest BCUT2D eigenvalue weighted by Crippen LogP contribution is 2.37. The van der Waals surface area contributed by atoms with Crippen LogP contribution in [0, 0.1) is 38.7 Å². The van der Waals surface area contributed by atoms with Crippen molar-refractivity contribution >= 4 is 35.4 Å². The van der Waals surface area contributed by atoms with Crippen LogP contribution in [-0.2, 0) is 0 Å². The molecule has 8 nitrogen and oxygen atoms in total. The molecule has 10 heteroatoms. The number of nitro benzene ring substituents is 2. The number of aromatic nitrogens is 1. The van der Waals surface area contributed by atoms with Gasteiger partial charge in [0.1, 0.15) is 9.67 Å². The van der Waals surface area contributed by atoms with Crippen LogP contribution in [0.5, 0.6) is 0 Å². The first-order valence-corrected chi connectivity index (χ1v) is 7.48. The Morgan fingerprint density at radius 2 is 1.83 bits per heavy atom. The molecule has 1 aromatic heterocycles. The van der Waals surface area contributed by atoms with E-state index in [1.165, 1.54) is 12.1 Å². The molecule has 0 unspecified atom stereocenters. The molecule has 0 fully saturated rings. The van der Waals surface area contributed by atoms with Crippen LogP contribution >= 0.6 is 24.0 Å². The van der Waals surface area contributed by atoms with Crippen molar-refractivity contribution < 1.29 is 15.1 Å². The van der Waals surface area contributed by atoms with Crippen molar-refractivity contribution in [2.75, 3.05) is 0 Å². The molecule has 1 aromatic carbocycles. The Morgan fingerprint density at radius 1 is 1.17 bits per heavy atom. The summed E-state index contributed by atoms with van der Waals surface area (Å²) >= 11 is 6.01. The van der Waals surface area contributed by atoms with Crippen LogP contribution in [0.2, 0.25) is 0 Å². The third-order valence-corrected chi connectivity index (χ3v) is 4.76. The van der Waals surface area contributed by atoms with E-state index in [-0.39, 0.29) is 20.2 Å². The zero-order chi connectivity index (χ0) is 17.3. The van der Waals surface area contributed by atoms with E-state index in [2.05, 4.69) is 0 Å². The number of non-ortho nitro benzene ring substituents is 1. The first-order chi connectivity index (χ1) is 10.7. The Balaban J connectivity index is 2.55. The fraction of sp³-hybridized carbons (Fsp3) is 0.154. The first-order valence-electron chi connectivity index (χ1n) is 6.25. The van der Waals surface area contributed by atoms with Crippen molar-refractivity contribution in [3.63, 3.8) is 0 Å². The van der Waals surface area contributed by atoms with E-state index in [1.807, 2.05) is 0 Å². The second-order valence-electron chi connectivity index (χ2n) is 4.68. The Bertz CT molecular complexity index is 879.